The van der Waals surface area contributed by atoms with Crippen molar-refractivity contribution in [3.05, 3.63) is 72.7 Å². The number of ether oxygens (including phenoxy) is 3. The number of benzene rings is 2. The Morgan fingerprint density at radius 3 is 2.45 bits per heavy atom. The third-order valence-corrected chi connectivity index (χ3v) is 8.82. The summed E-state index contributed by atoms with van der Waals surface area (Å²) in [5.41, 5.74) is 0.676. The van der Waals surface area contributed by atoms with E-state index < -0.39 is 39.8 Å². The van der Waals surface area contributed by atoms with Gasteiger partial charge < -0.3 is 19.2 Å². The Kier molecular flexibility index (Phi) is 7.63. The number of hydrogen-bond acceptors (Lipinski definition) is 11. The van der Waals surface area contributed by atoms with Gasteiger partial charge in [0.15, 0.2) is 18.1 Å². The molecule has 0 spiro atoms. The third-order valence-electron chi connectivity index (χ3n) is 6.42. The summed E-state index contributed by atoms with van der Waals surface area (Å²) >= 11 is 2.09. The maximum absolute atomic E-state index is 13.9. The van der Waals surface area contributed by atoms with Gasteiger partial charge in [0.2, 0.25) is 11.8 Å². The smallest absolute Gasteiger partial charge is 0.344 e. The molecule has 2 aliphatic rings. The number of imide groups is 1. The van der Waals surface area contributed by atoms with Crippen molar-refractivity contribution in [2.75, 3.05) is 24.7 Å². The minimum absolute atomic E-state index is 0.166. The maximum atomic E-state index is 13.9. The van der Waals surface area contributed by atoms with Gasteiger partial charge in [-0.05, 0) is 43.7 Å². The van der Waals surface area contributed by atoms with Crippen LogP contribution in [0, 0.1) is 16.0 Å². The van der Waals surface area contributed by atoms with Gasteiger partial charge in [-0.1, -0.05) is 29.2 Å². The summed E-state index contributed by atoms with van der Waals surface area (Å²) in [6, 6.07) is 10.2. The quantitative estimate of drug-likeness (QED) is 0.171. The van der Waals surface area contributed by atoms with E-state index in [4.69, 9.17) is 14.2 Å². The Hall–Kier alpha value is -4.17. The molecular weight excluding hydrogens is 562 g/mol. The Morgan fingerprint density at radius 1 is 1.02 bits per heavy atom. The zero-order valence-corrected chi connectivity index (χ0v) is 22.9. The van der Waals surface area contributed by atoms with Gasteiger partial charge in [0.05, 0.1) is 34.8 Å². The average molecular weight is 586 g/mol. The number of nitro benzene ring substituents is 1. The predicted molar refractivity (Wildman–Crippen MR) is 145 cm³/mol. The molecule has 1 aromatic heterocycles. The van der Waals surface area contributed by atoms with E-state index in [0.717, 1.165) is 28.0 Å². The molecule has 14 heteroatoms. The summed E-state index contributed by atoms with van der Waals surface area (Å²) in [4.78, 5) is 66.2. The maximum Gasteiger partial charge on any atom is 0.344 e. The Labute approximate surface area is 235 Å². The van der Waals surface area contributed by atoms with Crippen molar-refractivity contribution >= 4 is 52.3 Å². The number of fused-ring (bicyclic) bond motifs is 2. The Morgan fingerprint density at radius 2 is 1.77 bits per heavy atom. The summed E-state index contributed by atoms with van der Waals surface area (Å²) in [5, 5.41) is 10.8. The number of hydrogen-bond donors (Lipinski definition) is 1. The van der Waals surface area contributed by atoms with Gasteiger partial charge in [-0.25, -0.2) is 9.69 Å². The van der Waals surface area contributed by atoms with Crippen molar-refractivity contribution in [1.82, 2.24) is 4.98 Å². The second-order valence-electron chi connectivity index (χ2n) is 8.77. The lowest BCUT2D eigenvalue weighted by molar-refractivity contribution is -0.384. The van der Waals surface area contributed by atoms with Gasteiger partial charge in [0, 0.05) is 22.9 Å². The standard InChI is InChI=1S/C26H23N3O9S2/c1-3-36-17-11-13(5-10-16(17)38-12-18(30)37-4-2)19-20-22(39-23-21(19)40-26(33)27-23)25(32)28(24(20)31)14-6-8-15(9-7-14)29(34)35/h5-11,19-20,22H,3-4,12H2,1-2H3,(H,27,33)/t19-,20-,22+/m0/s1. The molecule has 3 aromatic rings. The molecular formula is C26H23N3O9S2. The van der Waals surface area contributed by atoms with E-state index >= 15 is 0 Å². The zero-order chi connectivity index (χ0) is 28.6. The van der Waals surface area contributed by atoms with Gasteiger partial charge in [0.25, 0.3) is 5.69 Å². The number of nitrogens with zero attached hydrogens (tertiary/aromatic N) is 2. The number of carbonyl (C=O) groups is 3. The molecule has 208 valence electrons. The fourth-order valence-electron chi connectivity index (χ4n) is 4.80. The van der Waals surface area contributed by atoms with Gasteiger partial charge in [-0.15, -0.1) is 0 Å². The van der Waals surface area contributed by atoms with Gasteiger partial charge >= 0.3 is 10.8 Å². The summed E-state index contributed by atoms with van der Waals surface area (Å²) in [6.07, 6.45) is 0. The first-order valence-electron chi connectivity index (χ1n) is 12.3. The molecule has 40 heavy (non-hydrogen) atoms. The molecule has 1 fully saturated rings. The van der Waals surface area contributed by atoms with Crippen molar-refractivity contribution in [2.24, 2.45) is 5.92 Å². The molecule has 0 saturated carbocycles. The van der Waals surface area contributed by atoms with E-state index in [1.54, 1.807) is 32.0 Å². The normalized spacial score (nSPS) is 19.6. The molecule has 3 atom stereocenters. The van der Waals surface area contributed by atoms with Crippen molar-refractivity contribution in [2.45, 2.75) is 30.0 Å². The number of aromatic amines is 1. The molecule has 3 heterocycles. The molecule has 12 nitrogen and oxygen atoms in total. The van der Waals surface area contributed by atoms with E-state index in [1.807, 2.05) is 0 Å². The summed E-state index contributed by atoms with van der Waals surface area (Å²) in [5.74, 6) is -2.39. The van der Waals surface area contributed by atoms with Crippen LogP contribution in [0.25, 0.3) is 0 Å². The highest BCUT2D eigenvalue weighted by atomic mass is 32.2. The number of thioether (sulfide) groups is 1. The average Bonchev–Trinajstić information content (AvgIpc) is 3.42. The number of amides is 2. The van der Waals surface area contributed by atoms with E-state index in [1.165, 1.54) is 24.3 Å². The number of anilines is 1. The van der Waals surface area contributed by atoms with Crippen molar-refractivity contribution in [1.29, 1.82) is 0 Å². The third kappa shape index (κ3) is 4.95. The predicted octanol–water partition coefficient (Wildman–Crippen LogP) is 3.48. The van der Waals surface area contributed by atoms with Crippen LogP contribution in [0.1, 0.15) is 30.2 Å². The number of aromatic nitrogens is 1. The summed E-state index contributed by atoms with van der Waals surface area (Å²) < 4.78 is 16.3. The van der Waals surface area contributed by atoms with E-state index in [-0.39, 0.29) is 29.5 Å². The number of carbonyl (C=O) groups excluding carboxylic acids is 3. The van der Waals surface area contributed by atoms with E-state index in [0.29, 0.717) is 33.6 Å². The first-order valence-corrected chi connectivity index (χ1v) is 14.0. The van der Waals surface area contributed by atoms with Crippen LogP contribution < -0.4 is 19.2 Å². The van der Waals surface area contributed by atoms with Crippen LogP contribution >= 0.6 is 23.1 Å². The number of esters is 1. The van der Waals surface area contributed by atoms with Crippen LogP contribution in [0.3, 0.4) is 0 Å². The first-order chi connectivity index (χ1) is 19.2. The number of nitrogens with one attached hydrogen (secondary N) is 1. The number of H-pyrrole nitrogens is 1. The van der Waals surface area contributed by atoms with Gasteiger partial charge in [-0.2, -0.15) is 0 Å². The highest BCUT2D eigenvalue weighted by molar-refractivity contribution is 8.00. The first kappa shape index (κ1) is 27.4. The highest BCUT2D eigenvalue weighted by Gasteiger charge is 2.56. The topological polar surface area (TPSA) is 158 Å². The van der Waals surface area contributed by atoms with Crippen LogP contribution in [-0.2, 0) is 19.1 Å². The largest absolute Gasteiger partial charge is 0.490 e. The van der Waals surface area contributed by atoms with Crippen molar-refractivity contribution in [3.63, 3.8) is 0 Å². The van der Waals surface area contributed by atoms with Gasteiger partial charge in [-0.3, -0.25) is 24.5 Å². The fraction of sp³-hybridized carbons (Fsp3) is 0.308. The van der Waals surface area contributed by atoms with Crippen LogP contribution in [0.4, 0.5) is 11.4 Å². The molecule has 5 rings (SSSR count). The fourth-order valence-corrected chi connectivity index (χ4v) is 7.31. The van der Waals surface area contributed by atoms with Crippen LogP contribution in [-0.4, -0.2) is 52.8 Å². The lowest BCUT2D eigenvalue weighted by Crippen LogP contribution is -2.32. The SMILES string of the molecule is CCOC(=O)COc1ccc([C@@H]2c3sc(=O)[nH]c3S[C@H]3C(=O)N(c4ccc([N+](=O)[O-])cc4)C(=O)[C@@H]23)cc1OCC. The number of nitro groups is 1. The molecule has 0 bridgehead atoms. The molecule has 1 saturated heterocycles. The molecule has 1 N–H and O–H groups in total. The number of thiazole rings is 1. The Balaban J connectivity index is 1.54. The molecule has 2 aromatic carbocycles. The van der Waals surface area contributed by atoms with Crippen LogP contribution in [0.15, 0.2) is 52.3 Å². The molecule has 0 unspecified atom stereocenters. The zero-order valence-electron chi connectivity index (χ0n) is 21.3. The Bertz CT molecular complexity index is 1550. The monoisotopic (exact) mass is 585 g/mol. The van der Waals surface area contributed by atoms with Gasteiger partial charge in [0.1, 0.15) is 5.25 Å². The van der Waals surface area contributed by atoms with E-state index in [9.17, 15) is 29.3 Å². The highest BCUT2D eigenvalue weighted by Crippen LogP contribution is 2.53. The second-order valence-corrected chi connectivity index (χ2v) is 10.9. The van der Waals surface area contributed by atoms with Crippen LogP contribution in [0.2, 0.25) is 0 Å². The summed E-state index contributed by atoms with van der Waals surface area (Å²) in [6.45, 7) is 3.66. The summed E-state index contributed by atoms with van der Waals surface area (Å²) in [7, 11) is 0. The second kappa shape index (κ2) is 11.1. The lowest BCUT2D eigenvalue weighted by atomic mass is 9.83. The minimum atomic E-state index is -0.854. The minimum Gasteiger partial charge on any atom is -0.490 e. The van der Waals surface area contributed by atoms with Crippen molar-refractivity contribution in [3.8, 4) is 11.5 Å². The van der Waals surface area contributed by atoms with Crippen LogP contribution in [0.5, 0.6) is 11.5 Å². The number of rotatable bonds is 9. The molecule has 0 aliphatic carbocycles. The van der Waals surface area contributed by atoms with Crippen molar-refractivity contribution < 1.29 is 33.5 Å². The molecule has 2 aliphatic heterocycles. The van der Waals surface area contributed by atoms with E-state index in [2.05, 4.69) is 4.98 Å². The lowest BCUT2D eigenvalue weighted by Gasteiger charge is -2.30. The number of non-ortho nitro benzene ring substituents is 1. The molecule has 0 radical (unpaired) electrons. The molecule has 2 amide bonds.